The van der Waals surface area contributed by atoms with E-state index in [-0.39, 0.29) is 39.2 Å². The van der Waals surface area contributed by atoms with Crippen LogP contribution in [0.4, 0.5) is 0 Å². The predicted molar refractivity (Wildman–Crippen MR) is 307 cm³/mol. The first-order chi connectivity index (χ1) is 32.5. The summed E-state index contributed by atoms with van der Waals surface area (Å²) in [6, 6.07) is 40.1. The van der Waals surface area contributed by atoms with Crippen LogP contribution in [0.1, 0.15) is 158 Å². The van der Waals surface area contributed by atoms with E-state index in [1.165, 1.54) is 143 Å². The van der Waals surface area contributed by atoms with Crippen molar-refractivity contribution >= 4 is 105 Å². The Balaban J connectivity index is 1.38. The van der Waals surface area contributed by atoms with Gasteiger partial charge >= 0.3 is 0 Å². The van der Waals surface area contributed by atoms with Crippen molar-refractivity contribution in [3.05, 3.63) is 130 Å². The summed E-state index contributed by atoms with van der Waals surface area (Å²) >= 11 is 0. The number of rotatable bonds is 0. The minimum atomic E-state index is -0.0730. The summed E-state index contributed by atoms with van der Waals surface area (Å²) in [4.78, 5) is 0. The molecular formula is C66H70BN3. The summed E-state index contributed by atoms with van der Waals surface area (Å²) in [6.07, 6.45) is 0. The van der Waals surface area contributed by atoms with Gasteiger partial charge in [0.05, 0.1) is 39.0 Å². The third kappa shape index (κ3) is 5.65. The molecule has 0 radical (unpaired) electrons. The number of benzene rings is 7. The molecule has 2 aliphatic heterocycles. The van der Waals surface area contributed by atoms with E-state index >= 15 is 0 Å². The molecule has 0 unspecified atom stereocenters. The minimum Gasteiger partial charge on any atom is -0.309 e. The van der Waals surface area contributed by atoms with Gasteiger partial charge in [0.1, 0.15) is 0 Å². The Morgan fingerprint density at radius 1 is 0.300 bits per heavy atom. The van der Waals surface area contributed by atoms with Crippen LogP contribution in [-0.2, 0) is 32.5 Å². The second kappa shape index (κ2) is 13.1. The average molecular weight is 916 g/mol. The molecule has 0 aliphatic carbocycles. The zero-order valence-electron chi connectivity index (χ0n) is 45.2. The zero-order chi connectivity index (χ0) is 49.6. The van der Waals surface area contributed by atoms with Crippen LogP contribution in [-0.4, -0.2) is 20.2 Å². The predicted octanol–water partition coefficient (Wildman–Crippen LogP) is 16.0. The van der Waals surface area contributed by atoms with E-state index in [0.717, 1.165) is 0 Å². The highest BCUT2D eigenvalue weighted by Crippen LogP contribution is 2.51. The normalized spacial score (nSPS) is 14.7. The second-order valence-corrected chi connectivity index (χ2v) is 28.0. The largest absolute Gasteiger partial charge is 0.309 e. The van der Waals surface area contributed by atoms with Crippen LogP contribution in [0.15, 0.2) is 97.1 Å². The molecular weight excluding hydrogens is 846 g/mol. The second-order valence-electron chi connectivity index (χ2n) is 28.0. The van der Waals surface area contributed by atoms with Gasteiger partial charge in [0, 0.05) is 54.1 Å². The standard InChI is InChI=1S/C66H70BN3/c1-61(2,3)35-19-23-49-41(27-35)43-31-39(65(13,14)15)33-47-56(43)69(49)59-53-45-29-37(63(7,8)9)21-25-51(45)68-52-26-22-38(64(10,11)12)30-46(52)54(58(53)68)60-55(59)67(47)48-34-40(66(16,17)18)32-44-42-28-36(62(4,5)6)20-24-50(42)70(60)57(44)48/h19-34H,1-18H3. The van der Waals surface area contributed by atoms with Crippen LogP contribution in [0.2, 0.25) is 0 Å². The molecule has 0 spiro atoms. The van der Waals surface area contributed by atoms with Gasteiger partial charge in [-0.2, -0.15) is 0 Å². The zero-order valence-corrected chi connectivity index (χ0v) is 45.2. The fourth-order valence-electron chi connectivity index (χ4n) is 12.9. The highest BCUT2D eigenvalue weighted by atomic mass is 15.1. The van der Waals surface area contributed by atoms with E-state index in [1.54, 1.807) is 0 Å². The van der Waals surface area contributed by atoms with Crippen LogP contribution >= 0.6 is 0 Å². The molecule has 6 heterocycles. The number of nitrogens with zero attached hydrogens (tertiary/aromatic N) is 3. The molecule has 0 saturated carbocycles. The van der Waals surface area contributed by atoms with Gasteiger partial charge in [-0.1, -0.05) is 161 Å². The van der Waals surface area contributed by atoms with Crippen LogP contribution in [0.3, 0.4) is 0 Å². The molecule has 2 aliphatic rings. The fourth-order valence-corrected chi connectivity index (χ4v) is 12.9. The van der Waals surface area contributed by atoms with Crippen LogP contribution in [0.5, 0.6) is 0 Å². The van der Waals surface area contributed by atoms with Crippen LogP contribution in [0, 0.1) is 0 Å². The lowest BCUT2D eigenvalue weighted by Gasteiger charge is -2.36. The van der Waals surface area contributed by atoms with Crippen molar-refractivity contribution < 1.29 is 0 Å². The van der Waals surface area contributed by atoms with Crippen molar-refractivity contribution in [1.29, 1.82) is 0 Å². The monoisotopic (exact) mass is 916 g/mol. The summed E-state index contributed by atoms with van der Waals surface area (Å²) in [7, 11) is 0. The van der Waals surface area contributed by atoms with E-state index in [4.69, 9.17) is 0 Å². The number of hydrogen-bond acceptors (Lipinski definition) is 0. The Labute approximate surface area is 415 Å². The SMILES string of the molecule is CC(C)(C)c1ccc2c(c1)c1cc(C(C)(C)C)cc3c1n2-c1c2c(c4c5cc(C(C)(C)C)ccc5n5c6ccc(C(C)(C)C)cc6c1c45)-n1c4ccc(C(C)(C)C)cc4c4cc(C(C)(C)C)cc(c41)B23. The topological polar surface area (TPSA) is 14.3 Å². The molecule has 7 aromatic carbocycles. The Kier molecular flexibility index (Phi) is 8.23. The molecule has 4 aromatic heterocycles. The minimum absolute atomic E-state index is 0.00435. The molecule has 0 saturated heterocycles. The number of aromatic nitrogens is 3. The van der Waals surface area contributed by atoms with Crippen molar-refractivity contribution in [2.45, 2.75) is 157 Å². The molecule has 70 heavy (non-hydrogen) atoms. The summed E-state index contributed by atoms with van der Waals surface area (Å²) in [5.41, 5.74) is 24.2. The van der Waals surface area contributed by atoms with Gasteiger partial charge in [0.25, 0.3) is 6.71 Å². The Bertz CT molecular complexity index is 3890. The first kappa shape index (κ1) is 44.0. The molecule has 4 heteroatoms. The average Bonchev–Trinajstić information content (AvgIpc) is 3.98. The number of hydrogen-bond donors (Lipinski definition) is 0. The van der Waals surface area contributed by atoms with Gasteiger partial charge in [0.2, 0.25) is 0 Å². The number of fused-ring (bicyclic) bond motifs is 18. The molecule has 3 nitrogen and oxygen atoms in total. The molecule has 0 atom stereocenters. The Morgan fingerprint density at radius 3 is 0.929 bits per heavy atom. The van der Waals surface area contributed by atoms with Crippen molar-refractivity contribution in [3.63, 3.8) is 0 Å². The van der Waals surface area contributed by atoms with Crippen molar-refractivity contribution in [1.82, 2.24) is 13.5 Å². The highest BCUT2D eigenvalue weighted by molar-refractivity contribution is 7.01. The van der Waals surface area contributed by atoms with Gasteiger partial charge < -0.3 is 13.5 Å². The molecule has 11 aromatic rings. The highest BCUT2D eigenvalue weighted by Gasteiger charge is 2.45. The molecule has 352 valence electrons. The van der Waals surface area contributed by atoms with Gasteiger partial charge in [-0.05, 0) is 143 Å². The van der Waals surface area contributed by atoms with Crippen molar-refractivity contribution in [2.75, 3.05) is 0 Å². The molecule has 0 amide bonds. The lowest BCUT2D eigenvalue weighted by atomic mass is 9.33. The summed E-state index contributed by atoms with van der Waals surface area (Å²) in [6.45, 7) is 42.8. The van der Waals surface area contributed by atoms with Gasteiger partial charge in [-0.25, -0.2) is 0 Å². The summed E-state index contributed by atoms with van der Waals surface area (Å²) < 4.78 is 8.20. The van der Waals surface area contributed by atoms with E-state index in [9.17, 15) is 0 Å². The summed E-state index contributed by atoms with van der Waals surface area (Å²) in [5, 5.41) is 10.8. The fraction of sp³-hybridized carbons (Fsp3) is 0.364. The summed E-state index contributed by atoms with van der Waals surface area (Å²) in [5.74, 6) is 0. The van der Waals surface area contributed by atoms with E-state index in [0.29, 0.717) is 0 Å². The first-order valence-electron chi connectivity index (χ1n) is 26.1. The lowest BCUT2D eigenvalue weighted by molar-refractivity contribution is 0.590. The van der Waals surface area contributed by atoms with E-state index in [1.807, 2.05) is 0 Å². The van der Waals surface area contributed by atoms with Crippen LogP contribution in [0.25, 0.3) is 93.1 Å². The quantitative estimate of drug-likeness (QED) is 0.135. The maximum absolute atomic E-state index is 2.77. The Morgan fingerprint density at radius 2 is 0.600 bits per heavy atom. The molecule has 0 bridgehead atoms. The smallest absolute Gasteiger partial charge is 0.252 e. The van der Waals surface area contributed by atoms with Gasteiger partial charge in [0.15, 0.2) is 0 Å². The molecule has 13 rings (SSSR count). The van der Waals surface area contributed by atoms with Gasteiger partial charge in [-0.3, -0.25) is 0 Å². The maximum atomic E-state index is 2.77. The third-order valence-corrected chi connectivity index (χ3v) is 17.0. The third-order valence-electron chi connectivity index (χ3n) is 17.0. The van der Waals surface area contributed by atoms with E-state index in [2.05, 4.69) is 235 Å². The Hall–Kier alpha value is -6.00. The van der Waals surface area contributed by atoms with Crippen molar-refractivity contribution in [2.24, 2.45) is 0 Å². The molecule has 0 fully saturated rings. The first-order valence-corrected chi connectivity index (χ1v) is 26.1. The van der Waals surface area contributed by atoms with Gasteiger partial charge in [-0.15, -0.1) is 0 Å². The lowest BCUT2D eigenvalue weighted by Crippen LogP contribution is -2.60. The van der Waals surface area contributed by atoms with Crippen LogP contribution < -0.4 is 16.4 Å². The van der Waals surface area contributed by atoms with Crippen molar-refractivity contribution in [3.8, 4) is 11.4 Å². The van der Waals surface area contributed by atoms with E-state index < -0.39 is 0 Å². The maximum Gasteiger partial charge on any atom is 0.252 e. The molecule has 0 N–H and O–H groups in total.